The fourth-order valence-electron chi connectivity index (χ4n) is 2.19. The molecule has 0 saturated carbocycles. The summed E-state index contributed by atoms with van der Waals surface area (Å²) < 4.78 is 12.9. The van der Waals surface area contributed by atoms with E-state index in [2.05, 4.69) is 13.0 Å². The molecule has 19 heavy (non-hydrogen) atoms. The second-order valence-corrected chi connectivity index (χ2v) is 4.76. The lowest BCUT2D eigenvalue weighted by Gasteiger charge is -2.17. The molecule has 2 atom stereocenters. The first-order chi connectivity index (χ1) is 9.13. The Labute approximate surface area is 114 Å². The molecule has 1 aromatic rings. The maximum absolute atomic E-state index is 12.9. The van der Waals surface area contributed by atoms with Crippen molar-refractivity contribution >= 4 is 5.78 Å². The quantitative estimate of drug-likeness (QED) is 0.737. The van der Waals surface area contributed by atoms with Crippen LogP contribution < -0.4 is 0 Å². The van der Waals surface area contributed by atoms with E-state index in [0.717, 1.165) is 25.7 Å². The lowest BCUT2D eigenvalue weighted by molar-refractivity contribution is -0.123. The van der Waals surface area contributed by atoms with Gasteiger partial charge in [0, 0.05) is 5.92 Å². The van der Waals surface area contributed by atoms with Crippen molar-refractivity contribution in [2.24, 2.45) is 5.92 Å². The minimum atomic E-state index is -0.776. The third-order valence-electron chi connectivity index (χ3n) is 3.42. The molecule has 0 aliphatic rings. The molecular formula is C16H20FNO. The van der Waals surface area contributed by atoms with E-state index in [4.69, 9.17) is 0 Å². The first kappa shape index (κ1) is 15.4. The second kappa shape index (κ2) is 7.68. The normalized spacial score (nSPS) is 13.6. The van der Waals surface area contributed by atoms with Crippen LogP contribution in [0.25, 0.3) is 0 Å². The van der Waals surface area contributed by atoms with Crippen molar-refractivity contribution in [2.45, 2.75) is 45.4 Å². The molecule has 2 unspecified atom stereocenters. The third-order valence-corrected chi connectivity index (χ3v) is 3.42. The summed E-state index contributed by atoms with van der Waals surface area (Å²) in [6, 6.07) is 7.68. The molecule has 0 aliphatic heterocycles. The van der Waals surface area contributed by atoms with Gasteiger partial charge in [-0.15, -0.1) is 0 Å². The van der Waals surface area contributed by atoms with E-state index in [0.29, 0.717) is 5.56 Å². The zero-order valence-corrected chi connectivity index (χ0v) is 11.5. The van der Waals surface area contributed by atoms with Gasteiger partial charge in [-0.05, 0) is 30.5 Å². The van der Waals surface area contributed by atoms with Gasteiger partial charge in [0.1, 0.15) is 11.7 Å². The Hall–Kier alpha value is -1.69. The fraction of sp³-hybridized carbons (Fsp3) is 0.500. The number of ketones is 1. The second-order valence-electron chi connectivity index (χ2n) is 4.76. The summed E-state index contributed by atoms with van der Waals surface area (Å²) >= 11 is 0. The highest BCUT2D eigenvalue weighted by Crippen LogP contribution is 2.25. The van der Waals surface area contributed by atoms with Crippen molar-refractivity contribution in [3.05, 3.63) is 35.6 Å². The largest absolute Gasteiger partial charge is 0.298 e. The first-order valence-corrected chi connectivity index (χ1v) is 6.82. The van der Waals surface area contributed by atoms with Gasteiger partial charge in [-0.3, -0.25) is 4.79 Å². The van der Waals surface area contributed by atoms with Gasteiger partial charge in [0.25, 0.3) is 0 Å². The number of carbonyl (C=O) groups excluding carboxylic acids is 1. The minimum Gasteiger partial charge on any atom is -0.298 e. The van der Waals surface area contributed by atoms with E-state index in [9.17, 15) is 14.4 Å². The monoisotopic (exact) mass is 261 g/mol. The Balaban J connectivity index is 2.87. The minimum absolute atomic E-state index is 0.0370. The van der Waals surface area contributed by atoms with Gasteiger partial charge >= 0.3 is 0 Å². The summed E-state index contributed by atoms with van der Waals surface area (Å²) in [6.07, 6.45) is 3.60. The van der Waals surface area contributed by atoms with Gasteiger partial charge in [-0.2, -0.15) is 5.26 Å². The Bertz CT molecular complexity index is 447. The van der Waals surface area contributed by atoms with E-state index in [-0.39, 0.29) is 17.5 Å². The molecule has 0 aromatic heterocycles. The fourth-order valence-corrected chi connectivity index (χ4v) is 2.19. The smallest absolute Gasteiger partial charge is 0.157 e. The Morgan fingerprint density at radius 1 is 1.32 bits per heavy atom. The molecule has 0 heterocycles. The summed E-state index contributed by atoms with van der Waals surface area (Å²) in [5.41, 5.74) is 0.587. The van der Waals surface area contributed by atoms with Crippen LogP contribution in [0.3, 0.4) is 0 Å². The standard InChI is InChI=1S/C16H20FNO/c1-3-5-6-12(4-2)16(19)15(11-18)13-7-9-14(17)10-8-13/h7-10,12,15H,3-6H2,1-2H3. The van der Waals surface area contributed by atoms with Gasteiger partial charge in [0.15, 0.2) is 5.78 Å². The lowest BCUT2D eigenvalue weighted by atomic mass is 9.84. The number of hydrogen-bond donors (Lipinski definition) is 0. The molecule has 0 spiro atoms. The van der Waals surface area contributed by atoms with Crippen LogP contribution in [0, 0.1) is 23.1 Å². The van der Waals surface area contributed by atoms with Crippen LogP contribution in [0.2, 0.25) is 0 Å². The van der Waals surface area contributed by atoms with Gasteiger partial charge in [0.05, 0.1) is 6.07 Å². The van der Waals surface area contributed by atoms with E-state index in [1.165, 1.54) is 24.3 Å². The molecule has 0 saturated heterocycles. The number of hydrogen-bond acceptors (Lipinski definition) is 2. The molecule has 0 fully saturated rings. The summed E-state index contributed by atoms with van der Waals surface area (Å²) in [4.78, 5) is 12.4. The van der Waals surface area contributed by atoms with Crippen molar-refractivity contribution in [1.29, 1.82) is 5.26 Å². The van der Waals surface area contributed by atoms with Crippen LogP contribution in [-0.2, 0) is 4.79 Å². The first-order valence-electron chi connectivity index (χ1n) is 6.82. The van der Waals surface area contributed by atoms with E-state index in [1.807, 2.05) is 6.92 Å². The SMILES string of the molecule is CCCCC(CC)C(=O)C(C#N)c1ccc(F)cc1. The van der Waals surface area contributed by atoms with Gasteiger partial charge in [0.2, 0.25) is 0 Å². The number of halogens is 1. The molecule has 0 radical (unpaired) electrons. The number of Topliss-reactive ketones (excluding diaryl/α,β-unsaturated/α-hetero) is 1. The highest BCUT2D eigenvalue weighted by molar-refractivity contribution is 5.90. The molecule has 3 heteroatoms. The van der Waals surface area contributed by atoms with Crippen molar-refractivity contribution < 1.29 is 9.18 Å². The molecule has 0 amide bonds. The number of benzene rings is 1. The molecule has 2 nitrogen and oxygen atoms in total. The van der Waals surface area contributed by atoms with Crippen LogP contribution in [0.15, 0.2) is 24.3 Å². The number of nitrogens with zero attached hydrogens (tertiary/aromatic N) is 1. The molecular weight excluding hydrogens is 241 g/mol. The van der Waals surface area contributed by atoms with Crippen LogP contribution in [0.4, 0.5) is 4.39 Å². The summed E-state index contributed by atoms with van der Waals surface area (Å²) in [5, 5.41) is 9.22. The molecule has 0 aliphatic carbocycles. The van der Waals surface area contributed by atoms with Gasteiger partial charge in [-0.25, -0.2) is 4.39 Å². The van der Waals surface area contributed by atoms with Gasteiger partial charge in [-0.1, -0.05) is 38.8 Å². The zero-order valence-electron chi connectivity index (χ0n) is 11.5. The summed E-state index contributed by atoms with van der Waals surface area (Å²) in [5.74, 6) is -1.24. The van der Waals surface area contributed by atoms with Crippen LogP contribution in [0.5, 0.6) is 0 Å². The Morgan fingerprint density at radius 2 is 1.95 bits per heavy atom. The maximum Gasteiger partial charge on any atom is 0.157 e. The van der Waals surface area contributed by atoms with Crippen molar-refractivity contribution in [1.82, 2.24) is 0 Å². The molecule has 0 N–H and O–H groups in total. The Kier molecular flexibility index (Phi) is 6.21. The van der Waals surface area contributed by atoms with E-state index in [1.54, 1.807) is 0 Å². The highest BCUT2D eigenvalue weighted by atomic mass is 19.1. The zero-order chi connectivity index (χ0) is 14.3. The summed E-state index contributed by atoms with van der Waals surface area (Å²) in [6.45, 7) is 4.05. The van der Waals surface area contributed by atoms with Gasteiger partial charge < -0.3 is 0 Å². The van der Waals surface area contributed by atoms with Crippen molar-refractivity contribution in [3.8, 4) is 6.07 Å². The van der Waals surface area contributed by atoms with E-state index < -0.39 is 5.92 Å². The molecule has 102 valence electrons. The third kappa shape index (κ3) is 4.17. The molecule has 1 aromatic carbocycles. The van der Waals surface area contributed by atoms with Crippen molar-refractivity contribution in [3.63, 3.8) is 0 Å². The predicted octanol–water partition coefficient (Wildman–Crippen LogP) is 4.22. The Morgan fingerprint density at radius 3 is 2.42 bits per heavy atom. The number of rotatable bonds is 7. The number of nitriles is 1. The average Bonchev–Trinajstić information content (AvgIpc) is 2.42. The van der Waals surface area contributed by atoms with Crippen LogP contribution in [0.1, 0.15) is 51.0 Å². The number of carbonyl (C=O) groups is 1. The lowest BCUT2D eigenvalue weighted by Crippen LogP contribution is -2.21. The summed E-state index contributed by atoms with van der Waals surface area (Å²) in [7, 11) is 0. The predicted molar refractivity (Wildman–Crippen MR) is 73.1 cm³/mol. The van der Waals surface area contributed by atoms with Crippen molar-refractivity contribution in [2.75, 3.05) is 0 Å². The molecule has 0 bridgehead atoms. The number of unbranched alkanes of at least 4 members (excludes halogenated alkanes) is 1. The van der Waals surface area contributed by atoms with Crippen LogP contribution >= 0.6 is 0 Å². The van der Waals surface area contributed by atoms with E-state index >= 15 is 0 Å². The van der Waals surface area contributed by atoms with Crippen LogP contribution in [-0.4, -0.2) is 5.78 Å². The maximum atomic E-state index is 12.9. The highest BCUT2D eigenvalue weighted by Gasteiger charge is 2.26. The topological polar surface area (TPSA) is 40.9 Å². The molecule has 1 rings (SSSR count). The average molecular weight is 261 g/mol.